The normalized spacial score (nSPS) is 53.0. The first kappa shape index (κ1) is 12.8. The van der Waals surface area contributed by atoms with Crippen LogP contribution in [-0.2, 0) is 18.9 Å². The summed E-state index contributed by atoms with van der Waals surface area (Å²) in [6, 6.07) is 0. The Hall–Kier alpha value is -0.240. The van der Waals surface area contributed by atoms with Gasteiger partial charge in [-0.25, -0.2) is 0 Å². The minimum absolute atomic E-state index is 0.589. The molecule has 2 heterocycles. The number of ether oxygens (including phenoxy) is 4. The largest absolute Gasteiger partial charge is 0.387 e. The van der Waals surface area contributed by atoms with Gasteiger partial charge >= 0.3 is 0 Å². The molecule has 2 N–H and O–H groups in total. The summed E-state index contributed by atoms with van der Waals surface area (Å²) in [5.41, 5.74) is 0. The van der Waals surface area contributed by atoms with Gasteiger partial charge in [0.05, 0.1) is 0 Å². The highest BCUT2D eigenvalue weighted by Gasteiger charge is 2.62. The summed E-state index contributed by atoms with van der Waals surface area (Å²) in [4.78, 5) is 0. The number of rotatable bonds is 0. The van der Waals surface area contributed by atoms with E-state index in [1.54, 1.807) is 27.7 Å². The zero-order chi connectivity index (χ0) is 13.3. The van der Waals surface area contributed by atoms with Crippen LogP contribution >= 0.6 is 0 Å². The van der Waals surface area contributed by atoms with Crippen LogP contribution in [0.5, 0.6) is 0 Å². The second-order valence-corrected chi connectivity index (χ2v) is 6.11. The molecule has 0 aromatic rings. The molecule has 3 rings (SSSR count). The predicted octanol–water partition coefficient (Wildman–Crippen LogP) is -0.238. The fourth-order valence-corrected chi connectivity index (χ4v) is 3.06. The van der Waals surface area contributed by atoms with Crippen LogP contribution in [0.25, 0.3) is 0 Å². The van der Waals surface area contributed by atoms with Crippen LogP contribution in [0.2, 0.25) is 0 Å². The van der Waals surface area contributed by atoms with Gasteiger partial charge in [-0.15, -0.1) is 0 Å². The molecular weight excluding hydrogens is 240 g/mol. The van der Waals surface area contributed by atoms with E-state index in [4.69, 9.17) is 18.9 Å². The highest BCUT2D eigenvalue weighted by molar-refractivity contribution is 5.07. The first-order valence-electron chi connectivity index (χ1n) is 6.28. The van der Waals surface area contributed by atoms with Crippen molar-refractivity contribution in [3.63, 3.8) is 0 Å². The van der Waals surface area contributed by atoms with Crippen molar-refractivity contribution in [2.75, 3.05) is 0 Å². The molecule has 0 bridgehead atoms. The Balaban J connectivity index is 1.88. The van der Waals surface area contributed by atoms with Crippen LogP contribution in [0.1, 0.15) is 27.7 Å². The summed E-state index contributed by atoms with van der Waals surface area (Å²) < 4.78 is 22.6. The van der Waals surface area contributed by atoms with Gasteiger partial charge in [0.2, 0.25) is 0 Å². The van der Waals surface area contributed by atoms with Gasteiger partial charge in [0.1, 0.15) is 36.6 Å². The molecule has 0 unspecified atom stereocenters. The monoisotopic (exact) mass is 260 g/mol. The maximum Gasteiger partial charge on any atom is 0.164 e. The molecule has 18 heavy (non-hydrogen) atoms. The van der Waals surface area contributed by atoms with Crippen LogP contribution in [0.15, 0.2) is 0 Å². The summed E-state index contributed by atoms with van der Waals surface area (Å²) >= 11 is 0. The lowest BCUT2D eigenvalue weighted by Crippen LogP contribution is -2.61. The zero-order valence-corrected chi connectivity index (χ0v) is 11.0. The molecule has 0 amide bonds. The molecule has 3 fully saturated rings. The molecule has 6 nitrogen and oxygen atoms in total. The quantitative estimate of drug-likeness (QED) is 0.626. The molecule has 6 atom stereocenters. The average molecular weight is 260 g/mol. The van der Waals surface area contributed by atoms with Gasteiger partial charge in [-0.05, 0) is 27.7 Å². The fraction of sp³-hybridized carbons (Fsp3) is 1.00. The summed E-state index contributed by atoms with van der Waals surface area (Å²) in [6.45, 7) is 7.02. The van der Waals surface area contributed by atoms with E-state index in [0.717, 1.165) is 0 Å². The third kappa shape index (κ3) is 1.79. The van der Waals surface area contributed by atoms with E-state index in [1.807, 2.05) is 0 Å². The van der Waals surface area contributed by atoms with Crippen molar-refractivity contribution in [3.8, 4) is 0 Å². The van der Waals surface area contributed by atoms with E-state index in [-0.39, 0.29) is 0 Å². The minimum Gasteiger partial charge on any atom is -0.387 e. The molecule has 1 saturated carbocycles. The fourth-order valence-electron chi connectivity index (χ4n) is 3.06. The third-order valence-corrected chi connectivity index (χ3v) is 3.67. The molecule has 0 radical (unpaired) electrons. The Morgan fingerprint density at radius 3 is 1.06 bits per heavy atom. The van der Waals surface area contributed by atoms with E-state index in [0.29, 0.717) is 0 Å². The van der Waals surface area contributed by atoms with E-state index < -0.39 is 48.2 Å². The SMILES string of the molecule is CC1(C)O[C@@H]2[C@@H](O)[C@@H]3OC(C)(C)O[C@H]3[C@@H](O)[C@H]2O1. The number of hydrogen-bond donors (Lipinski definition) is 2. The summed E-state index contributed by atoms with van der Waals surface area (Å²) in [6.07, 6.45) is -4.09. The maximum atomic E-state index is 10.3. The minimum atomic E-state index is -0.869. The Labute approximate surface area is 106 Å². The van der Waals surface area contributed by atoms with Gasteiger partial charge in [-0.1, -0.05) is 0 Å². The van der Waals surface area contributed by atoms with Crippen molar-refractivity contribution in [3.05, 3.63) is 0 Å². The number of aliphatic hydroxyl groups excluding tert-OH is 2. The van der Waals surface area contributed by atoms with E-state index in [1.165, 1.54) is 0 Å². The predicted molar refractivity (Wildman–Crippen MR) is 59.7 cm³/mol. The maximum absolute atomic E-state index is 10.3. The summed E-state index contributed by atoms with van der Waals surface area (Å²) in [5, 5.41) is 20.6. The van der Waals surface area contributed by atoms with Gasteiger partial charge in [0.15, 0.2) is 11.6 Å². The Morgan fingerprint density at radius 2 is 0.833 bits per heavy atom. The zero-order valence-electron chi connectivity index (χ0n) is 11.0. The van der Waals surface area contributed by atoms with Crippen LogP contribution in [0.4, 0.5) is 0 Å². The molecule has 2 aliphatic heterocycles. The smallest absolute Gasteiger partial charge is 0.164 e. The first-order valence-corrected chi connectivity index (χ1v) is 6.28. The lowest BCUT2D eigenvalue weighted by Gasteiger charge is -2.38. The van der Waals surface area contributed by atoms with Gasteiger partial charge < -0.3 is 29.2 Å². The van der Waals surface area contributed by atoms with Crippen molar-refractivity contribution in [2.24, 2.45) is 0 Å². The topological polar surface area (TPSA) is 77.4 Å². The van der Waals surface area contributed by atoms with E-state index >= 15 is 0 Å². The molecule has 0 aromatic carbocycles. The van der Waals surface area contributed by atoms with Crippen LogP contribution in [0.3, 0.4) is 0 Å². The van der Waals surface area contributed by atoms with Crippen molar-refractivity contribution < 1.29 is 29.2 Å². The van der Waals surface area contributed by atoms with Crippen molar-refractivity contribution >= 4 is 0 Å². The Morgan fingerprint density at radius 1 is 0.611 bits per heavy atom. The number of hydrogen-bond acceptors (Lipinski definition) is 6. The van der Waals surface area contributed by atoms with Gasteiger partial charge in [-0.2, -0.15) is 0 Å². The van der Waals surface area contributed by atoms with Gasteiger partial charge in [0, 0.05) is 0 Å². The third-order valence-electron chi connectivity index (χ3n) is 3.67. The number of fused-ring (bicyclic) bond motifs is 2. The molecule has 0 aromatic heterocycles. The average Bonchev–Trinajstić information content (AvgIpc) is 2.72. The number of aliphatic hydroxyl groups is 2. The molecule has 104 valence electrons. The highest BCUT2D eigenvalue weighted by atomic mass is 16.8. The first-order chi connectivity index (χ1) is 8.20. The van der Waals surface area contributed by atoms with Crippen molar-refractivity contribution in [2.45, 2.75) is 75.9 Å². The Bertz CT molecular complexity index is 292. The molecule has 2 saturated heterocycles. The van der Waals surface area contributed by atoms with Crippen molar-refractivity contribution in [1.29, 1.82) is 0 Å². The second-order valence-electron chi connectivity index (χ2n) is 6.11. The van der Waals surface area contributed by atoms with Crippen molar-refractivity contribution in [1.82, 2.24) is 0 Å². The molecule has 0 spiro atoms. The lowest BCUT2D eigenvalue weighted by atomic mass is 9.85. The van der Waals surface area contributed by atoms with E-state index in [2.05, 4.69) is 0 Å². The lowest BCUT2D eigenvalue weighted by molar-refractivity contribution is -0.183. The van der Waals surface area contributed by atoms with Crippen LogP contribution in [-0.4, -0.2) is 58.4 Å². The second kappa shape index (κ2) is 3.65. The van der Waals surface area contributed by atoms with E-state index in [9.17, 15) is 10.2 Å². The summed E-state index contributed by atoms with van der Waals surface area (Å²) in [5.74, 6) is -1.63. The van der Waals surface area contributed by atoms with Crippen LogP contribution < -0.4 is 0 Å². The van der Waals surface area contributed by atoms with Crippen LogP contribution in [0, 0.1) is 0 Å². The van der Waals surface area contributed by atoms with Gasteiger partial charge in [-0.3, -0.25) is 0 Å². The standard InChI is InChI=1S/C12H20O6/c1-11(2)15-7-5(13)9-10(6(14)8(7)16-11)18-12(3,4)17-9/h5-10,13-14H,1-4H3/t5-,6+,7-,8-,9+,10+. The molecule has 6 heteroatoms. The molecule has 1 aliphatic carbocycles. The van der Waals surface area contributed by atoms with Gasteiger partial charge in [0.25, 0.3) is 0 Å². The molecular formula is C12H20O6. The Kier molecular flexibility index (Phi) is 2.59. The molecule has 3 aliphatic rings. The highest BCUT2D eigenvalue weighted by Crippen LogP contribution is 2.43. The summed E-state index contributed by atoms with van der Waals surface area (Å²) in [7, 11) is 0.